The fourth-order valence-corrected chi connectivity index (χ4v) is 27.7. The minimum Gasteiger partial charge on any atom is -0.218 e. The number of aliphatic imine (C=N–C) groups is 2. The monoisotopic (exact) mass is 1820 g/mol. The Labute approximate surface area is 820 Å². The largest absolute Gasteiger partial charge is 0.499 e. The first-order valence-electron chi connectivity index (χ1n) is 49.9. The summed E-state index contributed by atoms with van der Waals surface area (Å²) in [5, 5.41) is 32.1. The lowest BCUT2D eigenvalue weighted by Gasteiger charge is -2.42. The normalized spacial score (nSPS) is 17.4. The Balaban J connectivity index is 0.000000121. The summed E-state index contributed by atoms with van der Waals surface area (Å²) in [7, 11) is 0. The number of nitrogens with zero attached hydrogens (tertiary/aromatic N) is 11. The van der Waals surface area contributed by atoms with E-state index < -0.39 is 11.8 Å². The van der Waals surface area contributed by atoms with Crippen LogP contribution in [0.2, 0.25) is 0 Å². The zero-order valence-corrected chi connectivity index (χ0v) is 77.1. The smallest absolute Gasteiger partial charge is 0.218 e. The van der Waals surface area contributed by atoms with Gasteiger partial charge in [0.1, 0.15) is 0 Å². The summed E-state index contributed by atoms with van der Waals surface area (Å²) >= 11 is 0. The van der Waals surface area contributed by atoms with Gasteiger partial charge in [-0.2, -0.15) is 4.57 Å². The zero-order valence-electron chi connectivity index (χ0n) is 77.1. The standard InChI is InChI=1S/C70H39N5.C63H34N6/c1-4-18-40(19-5-1)59-62-51-32-43-24-10-12-26-45(43)34-53(51)64-60(41-20-6-2-7-21-41)66-55-36-47-28-14-16-30-49(47)38-57(55)68-71-69-58-39-50-31-17-15-29-48(50)37-56(58)67-61(42-22-8-3-9-23-42)65-54-35-46-27-13-11-25-44(46)33-52(54)63(59)73(65)70(72(62)64,74(66)68)75(67)69;1-3-15-35(16-4-1)53-55-45-27-37-19-7-11-23-41(37)31-49(45)59-64-61-51-33-43-25-13-9-21-39(43)29-47(51)57-54(36-17-5-2-6-18-36)58-48-30-40-22-10-14-26-44(40)34-52(48)62-65-60-50-32-42-24-12-8-20-38(42)28-46(50)56(53)67(60)63(66(55)59,68(57)61)69(58)62/h1-39H;1-34H/q2*+2. The molecule has 0 radical (unpaired) electrons. The lowest BCUT2D eigenvalue weighted by atomic mass is 9.89. The van der Waals surface area contributed by atoms with E-state index in [1.165, 1.54) is 196 Å². The second kappa shape index (κ2) is 26.2. The van der Waals surface area contributed by atoms with Gasteiger partial charge in [-0.1, -0.05) is 346 Å². The molecule has 16 heterocycles. The van der Waals surface area contributed by atoms with E-state index in [1.807, 2.05) is 0 Å². The molecule has 12 aliphatic heterocycles. The van der Waals surface area contributed by atoms with E-state index in [9.17, 15) is 0 Å². The summed E-state index contributed by atoms with van der Waals surface area (Å²) < 4.78 is 21.5. The minimum atomic E-state index is -1.12. The van der Waals surface area contributed by atoms with Crippen LogP contribution < -0.4 is 21.5 Å². The predicted molar refractivity (Wildman–Crippen MR) is 582 cm³/mol. The Bertz CT molecular complexity index is 11300. The highest BCUT2D eigenvalue weighted by molar-refractivity contribution is 6.41. The molecule has 0 saturated heterocycles. The molecule has 2 spiro atoms. The van der Waals surface area contributed by atoms with Gasteiger partial charge < -0.3 is 0 Å². The third kappa shape index (κ3) is 8.88. The van der Waals surface area contributed by atoms with Crippen molar-refractivity contribution in [1.29, 1.82) is 0 Å². The van der Waals surface area contributed by atoms with E-state index in [1.54, 1.807) is 0 Å². The summed E-state index contributed by atoms with van der Waals surface area (Å²) in [5.74, 6) is 2.51. The molecule has 21 aromatic carbocycles. The maximum absolute atomic E-state index is 6.17. The highest BCUT2D eigenvalue weighted by atomic mass is 15.7. The van der Waals surface area contributed by atoms with Gasteiger partial charge in [-0.3, -0.25) is 0 Å². The molecule has 656 valence electrons. The van der Waals surface area contributed by atoms with Crippen molar-refractivity contribution in [2.45, 2.75) is 11.8 Å². The first-order chi connectivity index (χ1) is 71.4. The summed E-state index contributed by atoms with van der Waals surface area (Å²) in [6, 6.07) is 165. The van der Waals surface area contributed by atoms with Crippen molar-refractivity contribution in [2.24, 2.45) is 15.0 Å². The molecule has 0 bridgehead atoms. The van der Waals surface area contributed by atoms with Gasteiger partial charge in [0.2, 0.25) is 11.4 Å². The van der Waals surface area contributed by atoms with E-state index in [-0.39, 0.29) is 0 Å². The molecule has 37 rings (SSSR count). The van der Waals surface area contributed by atoms with Gasteiger partial charge in [0.25, 0.3) is 17.1 Å². The highest BCUT2D eigenvalue weighted by Crippen LogP contribution is 2.63. The van der Waals surface area contributed by atoms with Gasteiger partial charge in [0.05, 0.1) is 99.3 Å². The van der Waals surface area contributed by atoms with Gasteiger partial charge in [-0.05, 0) is 226 Å². The molecule has 144 heavy (non-hydrogen) atoms. The highest BCUT2D eigenvalue weighted by Gasteiger charge is 2.76. The van der Waals surface area contributed by atoms with Crippen molar-refractivity contribution in [3.63, 3.8) is 0 Å². The molecule has 2 atom stereocenters. The van der Waals surface area contributed by atoms with Gasteiger partial charge >= 0.3 is 29.3 Å². The molecule has 12 aliphatic rings. The van der Waals surface area contributed by atoms with Crippen molar-refractivity contribution in [3.8, 4) is 0 Å². The lowest BCUT2D eigenvalue weighted by Crippen LogP contribution is -2.71. The Kier molecular flexibility index (Phi) is 13.6. The molecule has 11 heteroatoms. The van der Waals surface area contributed by atoms with Gasteiger partial charge in [-0.25, -0.2) is 13.7 Å². The summed E-state index contributed by atoms with van der Waals surface area (Å²) in [5.41, 5.74) is 30.2. The molecule has 0 fully saturated rings. The number of rotatable bonds is 5. The number of hydrogen-bond acceptors (Lipinski definition) is 3. The van der Waals surface area contributed by atoms with Crippen molar-refractivity contribution in [2.75, 3.05) is 0 Å². The van der Waals surface area contributed by atoms with Crippen LogP contribution in [0.15, 0.2) is 458 Å². The zero-order chi connectivity index (χ0) is 92.8. The molecule has 0 amide bonds. The van der Waals surface area contributed by atoms with E-state index in [4.69, 9.17) is 15.0 Å². The first kappa shape index (κ1) is 74.9. The Morgan fingerprint density at radius 1 is 0.181 bits per heavy atom. The molecular weight excluding hydrogens is 1750 g/mol. The van der Waals surface area contributed by atoms with Crippen molar-refractivity contribution in [1.82, 2.24) is 18.3 Å². The van der Waals surface area contributed by atoms with Crippen molar-refractivity contribution < 1.29 is 18.3 Å². The summed E-state index contributed by atoms with van der Waals surface area (Å²) in [4.78, 5) is 18.3. The summed E-state index contributed by atoms with van der Waals surface area (Å²) in [6.07, 6.45) is 0. The van der Waals surface area contributed by atoms with Gasteiger partial charge in [0.15, 0.2) is 17.1 Å². The maximum Gasteiger partial charge on any atom is 0.499 e. The predicted octanol–water partition coefficient (Wildman–Crippen LogP) is 25.2. The maximum atomic E-state index is 6.17. The number of benzene rings is 21. The topological polar surface area (TPSA) is 68.8 Å². The Morgan fingerprint density at radius 3 is 0.778 bits per heavy atom. The second-order valence-corrected chi connectivity index (χ2v) is 40.3. The fourth-order valence-electron chi connectivity index (χ4n) is 27.7. The van der Waals surface area contributed by atoms with Crippen LogP contribution in [0.3, 0.4) is 0 Å². The molecule has 0 saturated carbocycles. The second-order valence-electron chi connectivity index (χ2n) is 40.3. The quantitative estimate of drug-likeness (QED) is 0.154. The molecule has 0 N–H and O–H groups in total. The van der Waals surface area contributed by atoms with E-state index in [0.717, 1.165) is 124 Å². The van der Waals surface area contributed by atoms with Crippen LogP contribution >= 0.6 is 0 Å². The number of amidine groups is 3. The van der Waals surface area contributed by atoms with Crippen LogP contribution in [0.1, 0.15) is 83.7 Å². The summed E-state index contributed by atoms with van der Waals surface area (Å²) in [6.45, 7) is 0. The number of aromatic nitrogens is 4. The van der Waals surface area contributed by atoms with Crippen LogP contribution in [0, 0.1) is 0 Å². The van der Waals surface area contributed by atoms with Crippen molar-refractivity contribution >= 4 is 215 Å². The Hall–Kier alpha value is -19.2. The van der Waals surface area contributed by atoms with Crippen LogP contribution in [-0.4, -0.2) is 71.2 Å². The molecular formula is C133H73N11+4. The third-order valence-electron chi connectivity index (χ3n) is 33.3. The molecule has 11 nitrogen and oxygen atoms in total. The van der Waals surface area contributed by atoms with Gasteiger partial charge in [-0.15, -0.1) is 18.3 Å². The number of hydrogen-bond donors (Lipinski definition) is 0. The van der Waals surface area contributed by atoms with Crippen LogP contribution in [-0.2, 0) is 11.8 Å². The first-order valence-corrected chi connectivity index (χ1v) is 49.9. The van der Waals surface area contributed by atoms with Crippen LogP contribution in [0.25, 0.3) is 169 Å². The van der Waals surface area contributed by atoms with E-state index >= 15 is 0 Å². The SMILES string of the molecule is c1ccc(C2=C3c4cc5ccccc5cc4C4=[N+]3C35n6c(c7cc8ccccc8cc7c62)N=C2c6cc7ccccc7cc6C(=[N+]23)C(c2ccccc2)=c2c3cc6ccccc6cc3c(n25)=C4c2ccccc2)cc1.c1ccc(C2=C3c4cc5ccccc5cc4C4=[N+]3C35n6c(c7cc8ccccc8cc7c62)N=C2c6cc7ccccc7cc6C(=[N+]23)C(c2ccccc2)=c2c3cc6ccccc6cc3c(n25)=N4)cc1. The molecule has 0 aliphatic carbocycles. The van der Waals surface area contributed by atoms with E-state index in [0.29, 0.717) is 0 Å². The van der Waals surface area contributed by atoms with Crippen LogP contribution in [0.5, 0.6) is 0 Å². The molecule has 2 unspecified atom stereocenters. The average molecular weight is 1830 g/mol. The van der Waals surface area contributed by atoms with Gasteiger partial charge in [0, 0.05) is 43.6 Å². The third-order valence-corrected chi connectivity index (χ3v) is 33.3. The van der Waals surface area contributed by atoms with Crippen LogP contribution in [0.4, 0.5) is 11.6 Å². The Morgan fingerprint density at radius 2 is 0.424 bits per heavy atom. The van der Waals surface area contributed by atoms with Crippen molar-refractivity contribution in [3.05, 3.63) is 548 Å². The lowest BCUT2D eigenvalue weighted by molar-refractivity contribution is -0.798. The average Bonchev–Trinajstić information content (AvgIpc) is 1.45. The molecule has 25 aromatic rings. The minimum absolute atomic E-state index is 0.940. The fraction of sp³-hybridized carbons (Fsp3) is 0.0150. The molecule has 4 aromatic heterocycles. The number of fused-ring (bicyclic) bond motifs is 32. The van der Waals surface area contributed by atoms with E-state index in [2.05, 4.69) is 479 Å².